The Morgan fingerprint density at radius 2 is 1.58 bits per heavy atom. The van der Waals surface area contributed by atoms with E-state index in [9.17, 15) is 19.8 Å². The number of amides is 2. The lowest BCUT2D eigenvalue weighted by Gasteiger charge is -2.29. The van der Waals surface area contributed by atoms with Crippen LogP contribution in [0.15, 0.2) is 78.9 Å². The summed E-state index contributed by atoms with van der Waals surface area (Å²) < 4.78 is 11.5. The summed E-state index contributed by atoms with van der Waals surface area (Å²) in [6.45, 7) is 9.13. The largest absolute Gasteiger partial charge is 0.492 e. The van der Waals surface area contributed by atoms with Gasteiger partial charge in [-0.1, -0.05) is 66.7 Å². The van der Waals surface area contributed by atoms with E-state index in [-0.39, 0.29) is 12.3 Å². The minimum absolute atomic E-state index is 0.0810. The van der Waals surface area contributed by atoms with Gasteiger partial charge in [0, 0.05) is 18.9 Å². The zero-order chi connectivity index (χ0) is 34.1. The van der Waals surface area contributed by atoms with Crippen LogP contribution in [0.3, 0.4) is 0 Å². The number of aliphatic hydroxyl groups is 2. The lowest BCUT2D eigenvalue weighted by atomic mass is 9.88. The van der Waals surface area contributed by atoms with Gasteiger partial charge in [0.1, 0.15) is 18.0 Å². The van der Waals surface area contributed by atoms with Gasteiger partial charge in [0.15, 0.2) is 0 Å². The lowest BCUT2D eigenvalue weighted by molar-refractivity contribution is -0.127. The SMILES string of the molecule is CC(C)(C)OC(=O)NC(Cc1ccccc1)C(O)CC(Cc1ccc(OCCN2CCCC2)cc1)C(=O)N[C@H]1c2ccccc2C[C@@H]1O. The fraction of sp³-hybridized carbons (Fsp3) is 0.487. The molecule has 3 unspecified atom stereocenters. The second-order valence-electron chi connectivity index (χ2n) is 14.1. The number of ether oxygens (including phenoxy) is 2. The Labute approximate surface area is 284 Å². The molecule has 0 saturated carbocycles. The van der Waals surface area contributed by atoms with Crippen LogP contribution in [0.25, 0.3) is 0 Å². The smallest absolute Gasteiger partial charge is 0.407 e. The number of hydrogen-bond donors (Lipinski definition) is 4. The van der Waals surface area contributed by atoms with Gasteiger partial charge >= 0.3 is 6.09 Å². The topological polar surface area (TPSA) is 120 Å². The molecule has 5 rings (SSSR count). The number of aliphatic hydroxyl groups excluding tert-OH is 2. The molecule has 1 heterocycles. The van der Waals surface area contributed by atoms with Crippen molar-refractivity contribution in [1.82, 2.24) is 15.5 Å². The summed E-state index contributed by atoms with van der Waals surface area (Å²) in [4.78, 5) is 29.3. The van der Waals surface area contributed by atoms with Crippen LogP contribution in [-0.2, 0) is 28.8 Å². The van der Waals surface area contributed by atoms with Crippen LogP contribution >= 0.6 is 0 Å². The maximum atomic E-state index is 14.0. The highest BCUT2D eigenvalue weighted by Crippen LogP contribution is 2.32. The van der Waals surface area contributed by atoms with Crippen molar-refractivity contribution in [1.29, 1.82) is 0 Å². The quantitative estimate of drug-likeness (QED) is 0.193. The minimum atomic E-state index is -1.07. The molecule has 0 radical (unpaired) electrons. The fourth-order valence-electron chi connectivity index (χ4n) is 6.67. The van der Waals surface area contributed by atoms with Crippen molar-refractivity contribution in [2.75, 3.05) is 26.2 Å². The molecule has 9 nitrogen and oxygen atoms in total. The Morgan fingerprint density at radius 3 is 2.29 bits per heavy atom. The summed E-state index contributed by atoms with van der Waals surface area (Å²) in [5.74, 6) is -0.147. The zero-order valence-electron chi connectivity index (χ0n) is 28.4. The van der Waals surface area contributed by atoms with E-state index in [1.54, 1.807) is 20.8 Å². The van der Waals surface area contributed by atoms with Crippen molar-refractivity contribution in [2.45, 2.75) is 89.2 Å². The average Bonchev–Trinajstić information content (AvgIpc) is 3.68. The molecule has 0 spiro atoms. The molecule has 3 aromatic rings. The number of carbonyl (C=O) groups is 2. The summed E-state index contributed by atoms with van der Waals surface area (Å²) in [5, 5.41) is 28.5. The number of carbonyl (C=O) groups excluding carboxylic acids is 2. The summed E-state index contributed by atoms with van der Waals surface area (Å²) >= 11 is 0. The van der Waals surface area contributed by atoms with Crippen LogP contribution in [0.1, 0.15) is 68.3 Å². The molecule has 48 heavy (non-hydrogen) atoms. The highest BCUT2D eigenvalue weighted by atomic mass is 16.6. The molecule has 2 aliphatic rings. The molecule has 1 fully saturated rings. The highest BCUT2D eigenvalue weighted by Gasteiger charge is 2.35. The third-order valence-electron chi connectivity index (χ3n) is 9.14. The summed E-state index contributed by atoms with van der Waals surface area (Å²) in [5.41, 5.74) is 3.06. The van der Waals surface area contributed by atoms with E-state index in [0.29, 0.717) is 25.9 Å². The van der Waals surface area contributed by atoms with E-state index >= 15 is 0 Å². The van der Waals surface area contributed by atoms with Crippen molar-refractivity contribution >= 4 is 12.0 Å². The Bertz CT molecular complexity index is 1470. The molecule has 0 bridgehead atoms. The van der Waals surface area contributed by atoms with Crippen molar-refractivity contribution in [2.24, 2.45) is 5.92 Å². The van der Waals surface area contributed by atoms with E-state index < -0.39 is 41.9 Å². The first-order chi connectivity index (χ1) is 23.0. The van der Waals surface area contributed by atoms with Gasteiger partial charge in [-0.15, -0.1) is 0 Å². The number of nitrogens with zero attached hydrogens (tertiary/aromatic N) is 1. The Morgan fingerprint density at radius 1 is 0.917 bits per heavy atom. The van der Waals surface area contributed by atoms with E-state index in [4.69, 9.17) is 9.47 Å². The van der Waals surface area contributed by atoms with Gasteiger partial charge in [0.25, 0.3) is 0 Å². The van der Waals surface area contributed by atoms with Gasteiger partial charge in [0.2, 0.25) is 5.91 Å². The van der Waals surface area contributed by atoms with Crippen molar-refractivity contribution in [3.63, 3.8) is 0 Å². The van der Waals surface area contributed by atoms with Gasteiger partial charge < -0.3 is 30.3 Å². The fourth-order valence-corrected chi connectivity index (χ4v) is 6.67. The molecule has 1 aliphatic heterocycles. The number of nitrogens with one attached hydrogen (secondary N) is 2. The maximum absolute atomic E-state index is 14.0. The predicted octanol–water partition coefficient (Wildman–Crippen LogP) is 4.98. The molecule has 0 aromatic heterocycles. The normalized spacial score (nSPS) is 19.6. The minimum Gasteiger partial charge on any atom is -0.492 e. The molecule has 5 atom stereocenters. The Hall–Kier alpha value is -3.92. The van der Waals surface area contributed by atoms with Crippen LogP contribution in [0, 0.1) is 5.92 Å². The summed E-state index contributed by atoms with van der Waals surface area (Å²) in [7, 11) is 0. The molecular weight excluding hydrogens is 606 g/mol. The first-order valence-corrected chi connectivity index (χ1v) is 17.3. The van der Waals surface area contributed by atoms with Crippen molar-refractivity contribution < 1.29 is 29.3 Å². The van der Waals surface area contributed by atoms with Crippen LogP contribution in [-0.4, -0.2) is 77.2 Å². The number of hydrogen-bond acceptors (Lipinski definition) is 7. The third-order valence-corrected chi connectivity index (χ3v) is 9.14. The number of alkyl carbamates (subject to hydrolysis) is 1. The number of likely N-dealkylation sites (tertiary alicyclic amines) is 1. The van der Waals surface area contributed by atoms with E-state index in [2.05, 4.69) is 15.5 Å². The van der Waals surface area contributed by atoms with Gasteiger partial charge in [-0.3, -0.25) is 9.69 Å². The zero-order valence-corrected chi connectivity index (χ0v) is 28.4. The molecule has 1 aliphatic carbocycles. The lowest BCUT2D eigenvalue weighted by Crippen LogP contribution is -2.48. The number of benzene rings is 3. The van der Waals surface area contributed by atoms with Gasteiger partial charge in [-0.25, -0.2) is 4.79 Å². The van der Waals surface area contributed by atoms with Gasteiger partial charge in [-0.2, -0.15) is 0 Å². The second kappa shape index (κ2) is 16.5. The first-order valence-electron chi connectivity index (χ1n) is 17.3. The van der Waals surface area contributed by atoms with Crippen LogP contribution in [0.5, 0.6) is 5.75 Å². The monoisotopic (exact) mass is 657 g/mol. The van der Waals surface area contributed by atoms with Gasteiger partial charge in [0.05, 0.1) is 24.3 Å². The Kier molecular flexibility index (Phi) is 12.1. The van der Waals surface area contributed by atoms with Crippen LogP contribution in [0.4, 0.5) is 4.79 Å². The van der Waals surface area contributed by atoms with E-state index in [1.807, 2.05) is 78.9 Å². The van der Waals surface area contributed by atoms with Crippen molar-refractivity contribution in [3.05, 3.63) is 101 Å². The predicted molar refractivity (Wildman–Crippen MR) is 186 cm³/mol. The molecule has 258 valence electrons. The summed E-state index contributed by atoms with van der Waals surface area (Å²) in [6, 6.07) is 23.9. The van der Waals surface area contributed by atoms with Gasteiger partial charge in [-0.05, 0) is 100 Å². The van der Waals surface area contributed by atoms with Crippen LogP contribution < -0.4 is 15.4 Å². The second-order valence-corrected chi connectivity index (χ2v) is 14.1. The summed E-state index contributed by atoms with van der Waals surface area (Å²) in [6.07, 6.45) is 1.30. The molecule has 1 saturated heterocycles. The van der Waals surface area contributed by atoms with E-state index in [1.165, 1.54) is 12.8 Å². The van der Waals surface area contributed by atoms with Crippen molar-refractivity contribution in [3.8, 4) is 5.75 Å². The maximum Gasteiger partial charge on any atom is 0.407 e. The molecular formula is C39H51N3O6. The average molecular weight is 658 g/mol. The third kappa shape index (κ3) is 10.3. The highest BCUT2D eigenvalue weighted by molar-refractivity contribution is 5.80. The number of fused-ring (bicyclic) bond motifs is 1. The van der Waals surface area contributed by atoms with Crippen LogP contribution in [0.2, 0.25) is 0 Å². The van der Waals surface area contributed by atoms with E-state index in [0.717, 1.165) is 47.6 Å². The molecule has 2 amide bonds. The number of rotatable bonds is 14. The molecule has 9 heteroatoms. The Balaban J connectivity index is 1.32. The molecule has 4 N–H and O–H groups in total. The first kappa shape index (κ1) is 35.4. The standard InChI is InChI=1S/C39H51N3O6/c1-39(2,3)48-38(46)40-33(24-27-11-5-4-6-12-27)34(43)26-30(37(45)41-36-32-14-8-7-13-29(32)25-35(36)44)23-28-15-17-31(18-16-28)47-22-21-42-19-9-10-20-42/h4-8,11-18,30,33-36,43-44H,9-10,19-26H2,1-3H3,(H,40,46)(H,41,45)/t30?,33?,34?,35-,36-/m0/s1. The molecule has 3 aromatic carbocycles.